The third-order valence-corrected chi connectivity index (χ3v) is 6.43. The molecule has 1 aromatic heterocycles. The lowest BCUT2D eigenvalue weighted by Crippen LogP contribution is -2.42. The van der Waals surface area contributed by atoms with Crippen LogP contribution in [-0.4, -0.2) is 42.6 Å². The summed E-state index contributed by atoms with van der Waals surface area (Å²) in [5.74, 6) is 0.641. The van der Waals surface area contributed by atoms with Gasteiger partial charge in [-0.15, -0.1) is 0 Å². The van der Waals surface area contributed by atoms with Crippen LogP contribution in [0.3, 0.4) is 0 Å². The predicted molar refractivity (Wildman–Crippen MR) is 111 cm³/mol. The Balaban J connectivity index is 2.12. The largest absolute Gasteiger partial charge is 0.492 e. The zero-order valence-corrected chi connectivity index (χ0v) is 17.3. The van der Waals surface area contributed by atoms with Gasteiger partial charge in [0.25, 0.3) is 0 Å². The first-order valence-corrected chi connectivity index (χ1v) is 10.6. The summed E-state index contributed by atoms with van der Waals surface area (Å²) >= 11 is 0. The second-order valence-electron chi connectivity index (χ2n) is 6.61. The first kappa shape index (κ1) is 20.8. The summed E-state index contributed by atoms with van der Waals surface area (Å²) in [5, 5.41) is 0. The number of hydrogen-bond acceptors (Lipinski definition) is 5. The van der Waals surface area contributed by atoms with Crippen LogP contribution < -0.4 is 15.9 Å². The van der Waals surface area contributed by atoms with E-state index < -0.39 is 21.1 Å². The Labute approximate surface area is 168 Å². The molecule has 0 unspecified atom stereocenters. The average Bonchev–Trinajstić information content (AvgIpc) is 2.71. The molecule has 0 N–H and O–H groups in total. The van der Waals surface area contributed by atoms with Gasteiger partial charge >= 0.3 is 11.1 Å². The molecule has 0 bridgehead atoms. The van der Waals surface area contributed by atoms with Gasteiger partial charge in [-0.1, -0.05) is 18.2 Å². The van der Waals surface area contributed by atoms with E-state index in [0.717, 1.165) is 4.31 Å². The minimum absolute atomic E-state index is 0.0495. The smallest absolute Gasteiger partial charge is 0.317 e. The number of aryl methyl sites for hydroxylation is 1. The van der Waals surface area contributed by atoms with E-state index in [1.165, 1.54) is 35.4 Å². The zero-order valence-electron chi connectivity index (χ0n) is 16.5. The molecule has 0 atom stereocenters. The Hall–Kier alpha value is -2.91. The Bertz CT molecular complexity index is 1240. The van der Waals surface area contributed by atoms with Crippen LogP contribution in [0.1, 0.15) is 6.92 Å². The van der Waals surface area contributed by atoms with Crippen LogP contribution >= 0.6 is 0 Å². The highest BCUT2D eigenvalue weighted by molar-refractivity contribution is 7.89. The molecule has 0 radical (unpaired) electrons. The van der Waals surface area contributed by atoms with Gasteiger partial charge in [0.05, 0.1) is 22.5 Å². The van der Waals surface area contributed by atoms with E-state index in [1.54, 1.807) is 25.1 Å². The molecule has 2 aromatic carbocycles. The van der Waals surface area contributed by atoms with Crippen LogP contribution in [0, 0.1) is 0 Å². The third-order valence-electron chi connectivity index (χ3n) is 4.62. The van der Waals surface area contributed by atoms with E-state index in [1.807, 2.05) is 18.2 Å². The van der Waals surface area contributed by atoms with Crippen molar-refractivity contribution in [3.05, 3.63) is 69.2 Å². The topological polar surface area (TPSA) is 90.6 Å². The van der Waals surface area contributed by atoms with Crippen LogP contribution in [0.2, 0.25) is 0 Å². The van der Waals surface area contributed by atoms with Gasteiger partial charge in [-0.25, -0.2) is 12.7 Å². The van der Waals surface area contributed by atoms with Crippen LogP contribution in [0.15, 0.2) is 63.0 Å². The molecule has 0 saturated heterocycles. The number of benzene rings is 2. The zero-order chi connectivity index (χ0) is 21.2. The summed E-state index contributed by atoms with van der Waals surface area (Å²) in [5.41, 5.74) is -0.496. The standard InChI is InChI=1S/C20H23N3O5S/c1-4-22-17-11-10-16(29(26,27)21(2)3)14-18(17)23(20(25)19(22)24)12-13-28-15-8-6-5-7-9-15/h5-11,14H,4,12-13H2,1-3H3. The quantitative estimate of drug-likeness (QED) is 0.544. The summed E-state index contributed by atoms with van der Waals surface area (Å²) in [6.45, 7) is 2.31. The molecule has 3 aromatic rings. The molecule has 0 aliphatic rings. The van der Waals surface area contributed by atoms with Crippen molar-refractivity contribution in [1.29, 1.82) is 0 Å². The van der Waals surface area contributed by atoms with Crippen molar-refractivity contribution >= 4 is 21.1 Å². The van der Waals surface area contributed by atoms with E-state index in [-0.39, 0.29) is 18.0 Å². The molecular weight excluding hydrogens is 394 g/mol. The maximum atomic E-state index is 12.7. The maximum absolute atomic E-state index is 12.7. The van der Waals surface area contributed by atoms with E-state index >= 15 is 0 Å². The highest BCUT2D eigenvalue weighted by Crippen LogP contribution is 2.20. The predicted octanol–water partition coefficient (Wildman–Crippen LogP) is 1.51. The van der Waals surface area contributed by atoms with E-state index in [2.05, 4.69) is 0 Å². The lowest BCUT2D eigenvalue weighted by molar-refractivity contribution is 0.298. The van der Waals surface area contributed by atoms with Crippen molar-refractivity contribution in [3.8, 4) is 5.75 Å². The SMILES string of the molecule is CCn1c(=O)c(=O)n(CCOc2ccccc2)c2cc(S(=O)(=O)N(C)C)ccc21. The van der Waals surface area contributed by atoms with Crippen molar-refractivity contribution in [2.75, 3.05) is 20.7 Å². The fourth-order valence-electron chi connectivity index (χ4n) is 3.08. The number of fused-ring (bicyclic) bond motifs is 1. The first-order valence-electron chi connectivity index (χ1n) is 9.15. The Kier molecular flexibility index (Phi) is 5.90. The molecule has 8 nitrogen and oxygen atoms in total. The Morgan fingerprint density at radius 1 is 0.931 bits per heavy atom. The van der Waals surface area contributed by atoms with Crippen molar-refractivity contribution < 1.29 is 13.2 Å². The number of hydrogen-bond donors (Lipinski definition) is 0. The van der Waals surface area contributed by atoms with Crippen LogP contribution in [-0.2, 0) is 23.1 Å². The molecule has 0 spiro atoms. The monoisotopic (exact) mass is 417 g/mol. The first-order chi connectivity index (χ1) is 13.8. The number of rotatable bonds is 7. The summed E-state index contributed by atoms with van der Waals surface area (Å²) in [7, 11) is -0.816. The van der Waals surface area contributed by atoms with E-state index in [0.29, 0.717) is 23.3 Å². The fraction of sp³-hybridized carbons (Fsp3) is 0.300. The second-order valence-corrected chi connectivity index (χ2v) is 8.76. The Morgan fingerprint density at radius 3 is 2.21 bits per heavy atom. The lowest BCUT2D eigenvalue weighted by Gasteiger charge is -2.17. The molecule has 3 rings (SSSR count). The summed E-state index contributed by atoms with van der Waals surface area (Å²) < 4.78 is 34.5. The second kappa shape index (κ2) is 8.22. The molecule has 154 valence electrons. The molecule has 29 heavy (non-hydrogen) atoms. The van der Waals surface area contributed by atoms with Gasteiger partial charge < -0.3 is 9.30 Å². The molecule has 0 saturated carbocycles. The van der Waals surface area contributed by atoms with Crippen LogP contribution in [0.5, 0.6) is 5.75 Å². The maximum Gasteiger partial charge on any atom is 0.317 e. The lowest BCUT2D eigenvalue weighted by atomic mass is 10.2. The van der Waals surface area contributed by atoms with Crippen molar-refractivity contribution in [3.63, 3.8) is 0 Å². The van der Waals surface area contributed by atoms with Crippen LogP contribution in [0.4, 0.5) is 0 Å². The van der Waals surface area contributed by atoms with Gasteiger partial charge in [0.15, 0.2) is 0 Å². The normalized spacial score (nSPS) is 11.9. The summed E-state index contributed by atoms with van der Waals surface area (Å²) in [6, 6.07) is 13.5. The van der Waals surface area contributed by atoms with Gasteiger partial charge in [-0.05, 0) is 37.3 Å². The van der Waals surface area contributed by atoms with Gasteiger partial charge in [0.1, 0.15) is 12.4 Å². The van der Waals surface area contributed by atoms with Crippen molar-refractivity contribution in [1.82, 2.24) is 13.4 Å². The minimum atomic E-state index is -3.69. The highest BCUT2D eigenvalue weighted by Gasteiger charge is 2.20. The highest BCUT2D eigenvalue weighted by atomic mass is 32.2. The summed E-state index contributed by atoms with van der Waals surface area (Å²) in [6.07, 6.45) is 0. The number of aromatic nitrogens is 2. The van der Waals surface area contributed by atoms with Gasteiger partial charge in [0, 0.05) is 20.6 Å². The molecule has 0 amide bonds. The van der Waals surface area contributed by atoms with Gasteiger partial charge in [0.2, 0.25) is 10.0 Å². The number of ether oxygens (including phenoxy) is 1. The van der Waals surface area contributed by atoms with Gasteiger partial charge in [-0.2, -0.15) is 0 Å². The van der Waals surface area contributed by atoms with E-state index in [4.69, 9.17) is 4.74 Å². The fourth-order valence-corrected chi connectivity index (χ4v) is 4.00. The number of sulfonamides is 1. The van der Waals surface area contributed by atoms with Crippen LogP contribution in [0.25, 0.3) is 11.0 Å². The third kappa shape index (κ3) is 3.96. The molecule has 0 aliphatic heterocycles. The van der Waals surface area contributed by atoms with Crippen molar-refractivity contribution in [2.45, 2.75) is 24.9 Å². The number of para-hydroxylation sites is 1. The number of nitrogens with zero attached hydrogens (tertiary/aromatic N) is 3. The summed E-state index contributed by atoms with van der Waals surface area (Å²) in [4.78, 5) is 25.3. The average molecular weight is 417 g/mol. The van der Waals surface area contributed by atoms with E-state index in [9.17, 15) is 18.0 Å². The van der Waals surface area contributed by atoms with Gasteiger partial charge in [-0.3, -0.25) is 14.2 Å². The molecule has 0 aliphatic carbocycles. The molecule has 0 fully saturated rings. The Morgan fingerprint density at radius 2 is 1.59 bits per heavy atom. The van der Waals surface area contributed by atoms with Crippen molar-refractivity contribution in [2.24, 2.45) is 0 Å². The molecule has 1 heterocycles. The molecular formula is C20H23N3O5S. The molecule has 9 heteroatoms. The minimum Gasteiger partial charge on any atom is -0.492 e.